The van der Waals surface area contributed by atoms with Crippen molar-refractivity contribution in [2.75, 3.05) is 0 Å². The maximum absolute atomic E-state index is 12.8. The fourth-order valence-electron chi connectivity index (χ4n) is 2.41. The Morgan fingerprint density at radius 2 is 2.00 bits per heavy atom. The molecule has 1 atom stereocenters. The van der Waals surface area contributed by atoms with Gasteiger partial charge in [-0.1, -0.05) is 11.6 Å². The smallest absolute Gasteiger partial charge is 0.417 e. The van der Waals surface area contributed by atoms with Gasteiger partial charge in [-0.15, -0.1) is 0 Å². The van der Waals surface area contributed by atoms with Crippen LogP contribution in [0.2, 0.25) is 5.02 Å². The van der Waals surface area contributed by atoms with Crippen molar-refractivity contribution in [1.29, 1.82) is 0 Å². The van der Waals surface area contributed by atoms with Gasteiger partial charge in [0.1, 0.15) is 11.6 Å². The molecule has 7 nitrogen and oxygen atoms in total. The topological polar surface area (TPSA) is 93.5 Å². The van der Waals surface area contributed by atoms with Gasteiger partial charge < -0.3 is 19.7 Å². The van der Waals surface area contributed by atoms with Crippen molar-refractivity contribution in [1.82, 2.24) is 14.9 Å². The molecule has 29 heavy (non-hydrogen) atoms. The largest absolute Gasteiger partial charge is 0.480 e. The van der Waals surface area contributed by atoms with Gasteiger partial charge in [0, 0.05) is 24.5 Å². The normalized spacial score (nSPS) is 13.1. The van der Waals surface area contributed by atoms with E-state index in [2.05, 4.69) is 10.3 Å². The summed E-state index contributed by atoms with van der Waals surface area (Å²) in [5.41, 5.74) is -1.46. The molecule has 1 amide bonds. The maximum Gasteiger partial charge on any atom is 0.417 e. The Morgan fingerprint density at radius 1 is 1.34 bits per heavy atom. The Balaban J connectivity index is 2.26. The number of carboxylic acid groups (broad SMARTS) is 1. The van der Waals surface area contributed by atoms with Crippen LogP contribution in [0.15, 0.2) is 30.6 Å². The lowest BCUT2D eigenvalue weighted by Gasteiger charge is -2.22. The quantitative estimate of drug-likeness (QED) is 0.741. The van der Waals surface area contributed by atoms with Crippen molar-refractivity contribution >= 4 is 23.7 Å². The molecule has 0 spiro atoms. The number of ether oxygens (including phenoxy) is 1. The number of rotatable bonds is 5. The third-order valence-electron chi connectivity index (χ3n) is 3.61. The molecular formula is C18H19ClF3N3O4. The molecule has 0 radical (unpaired) electrons. The number of alkyl carbamates (subject to hydrolysis) is 1. The molecule has 0 saturated carbocycles. The summed E-state index contributed by atoms with van der Waals surface area (Å²) >= 11 is 5.97. The zero-order valence-corrected chi connectivity index (χ0v) is 16.5. The number of carboxylic acids is 1. The van der Waals surface area contributed by atoms with Gasteiger partial charge in [-0.3, -0.25) is 0 Å². The van der Waals surface area contributed by atoms with E-state index < -0.39 is 35.4 Å². The first-order chi connectivity index (χ1) is 13.3. The van der Waals surface area contributed by atoms with E-state index in [1.165, 1.54) is 10.8 Å². The Morgan fingerprint density at radius 3 is 2.52 bits per heavy atom. The van der Waals surface area contributed by atoms with Crippen molar-refractivity contribution in [2.45, 2.75) is 45.0 Å². The number of nitrogens with one attached hydrogen (secondary N) is 1. The van der Waals surface area contributed by atoms with Crippen LogP contribution in [-0.4, -0.2) is 38.4 Å². The van der Waals surface area contributed by atoms with E-state index in [1.807, 2.05) is 0 Å². The van der Waals surface area contributed by atoms with Crippen LogP contribution in [0.5, 0.6) is 0 Å². The van der Waals surface area contributed by atoms with Crippen LogP contribution >= 0.6 is 11.6 Å². The highest BCUT2D eigenvalue weighted by atomic mass is 35.5. The number of carbonyl (C=O) groups is 2. The number of aromatic nitrogens is 2. The molecule has 2 aromatic heterocycles. The SMILES string of the molecule is CC(C)(C)OC(=O)NC(Cc1cccn1-c1ncc(C(F)(F)F)cc1Cl)C(=O)O. The first-order valence-electron chi connectivity index (χ1n) is 8.39. The number of pyridine rings is 1. The van der Waals surface area contributed by atoms with E-state index in [0.717, 1.165) is 6.07 Å². The standard InChI is InChI=1S/C18H19ClF3N3O4/c1-17(2,3)29-16(28)24-13(15(26)27)8-11-5-4-6-25(11)14-12(19)7-10(9-23-14)18(20,21)22/h4-7,9,13H,8H2,1-3H3,(H,24,28)(H,26,27). The molecule has 2 heterocycles. The van der Waals surface area contributed by atoms with Gasteiger partial charge in [-0.25, -0.2) is 14.6 Å². The van der Waals surface area contributed by atoms with Gasteiger partial charge in [0.25, 0.3) is 0 Å². The lowest BCUT2D eigenvalue weighted by Crippen LogP contribution is -2.44. The van der Waals surface area contributed by atoms with E-state index in [4.69, 9.17) is 16.3 Å². The molecule has 0 bridgehead atoms. The van der Waals surface area contributed by atoms with E-state index in [1.54, 1.807) is 32.9 Å². The highest BCUT2D eigenvalue weighted by Gasteiger charge is 2.32. The summed E-state index contributed by atoms with van der Waals surface area (Å²) < 4.78 is 44.8. The second-order valence-corrected chi connectivity index (χ2v) is 7.55. The third kappa shape index (κ3) is 6.11. The first kappa shape index (κ1) is 22.5. The first-order valence-corrected chi connectivity index (χ1v) is 8.77. The molecule has 0 aliphatic rings. The molecule has 11 heteroatoms. The number of alkyl halides is 3. The molecule has 0 aliphatic heterocycles. The van der Waals surface area contributed by atoms with Crippen LogP contribution in [0.4, 0.5) is 18.0 Å². The van der Waals surface area contributed by atoms with Crippen molar-refractivity contribution in [3.05, 3.63) is 46.9 Å². The zero-order chi connectivity index (χ0) is 22.0. The minimum atomic E-state index is -4.60. The van der Waals surface area contributed by atoms with Crippen LogP contribution in [-0.2, 0) is 22.1 Å². The van der Waals surface area contributed by atoms with E-state index >= 15 is 0 Å². The minimum Gasteiger partial charge on any atom is -0.480 e. The molecule has 0 aromatic carbocycles. The van der Waals surface area contributed by atoms with E-state index in [9.17, 15) is 27.9 Å². The third-order valence-corrected chi connectivity index (χ3v) is 3.89. The molecule has 1 unspecified atom stereocenters. The Kier molecular flexibility index (Phi) is 6.46. The second kappa shape index (κ2) is 8.32. The number of hydrogen-bond donors (Lipinski definition) is 2. The molecule has 158 valence electrons. The predicted molar refractivity (Wildman–Crippen MR) is 98.1 cm³/mol. The lowest BCUT2D eigenvalue weighted by atomic mass is 10.1. The van der Waals surface area contributed by atoms with Crippen LogP contribution < -0.4 is 5.32 Å². The van der Waals surface area contributed by atoms with Crippen LogP contribution in [0.3, 0.4) is 0 Å². The molecule has 2 rings (SSSR count). The molecule has 0 aliphatic carbocycles. The van der Waals surface area contributed by atoms with Gasteiger partial charge in [0.15, 0.2) is 5.82 Å². The highest BCUT2D eigenvalue weighted by Crippen LogP contribution is 2.32. The fourth-order valence-corrected chi connectivity index (χ4v) is 2.67. The number of nitrogens with zero attached hydrogens (tertiary/aromatic N) is 2. The number of aliphatic carboxylic acids is 1. The summed E-state index contributed by atoms with van der Waals surface area (Å²) in [5.74, 6) is -1.31. The van der Waals surface area contributed by atoms with Crippen molar-refractivity contribution < 1.29 is 32.6 Å². The van der Waals surface area contributed by atoms with Gasteiger partial charge in [0.05, 0.1) is 10.6 Å². The van der Waals surface area contributed by atoms with Gasteiger partial charge >= 0.3 is 18.2 Å². The Labute approximate surface area is 169 Å². The van der Waals surface area contributed by atoms with Crippen LogP contribution in [0.25, 0.3) is 5.82 Å². The summed E-state index contributed by atoms with van der Waals surface area (Å²) in [6.07, 6.45) is -3.57. The van der Waals surface area contributed by atoms with Gasteiger partial charge in [-0.05, 0) is 39.0 Å². The van der Waals surface area contributed by atoms with Crippen molar-refractivity contribution in [2.24, 2.45) is 0 Å². The number of amides is 1. The number of carbonyl (C=O) groups excluding carboxylic acids is 1. The fraction of sp³-hybridized carbons (Fsp3) is 0.389. The molecular weight excluding hydrogens is 415 g/mol. The van der Waals surface area contributed by atoms with Gasteiger partial charge in [0.2, 0.25) is 0 Å². The summed E-state index contributed by atoms with van der Waals surface area (Å²) in [7, 11) is 0. The molecule has 0 saturated heterocycles. The number of halogens is 4. The van der Waals surface area contributed by atoms with Crippen molar-refractivity contribution in [3.8, 4) is 5.82 Å². The number of hydrogen-bond acceptors (Lipinski definition) is 4. The summed E-state index contributed by atoms with van der Waals surface area (Å²) in [4.78, 5) is 27.2. The highest BCUT2D eigenvalue weighted by molar-refractivity contribution is 6.32. The zero-order valence-electron chi connectivity index (χ0n) is 15.7. The van der Waals surface area contributed by atoms with E-state index in [0.29, 0.717) is 11.9 Å². The molecule has 2 aromatic rings. The second-order valence-electron chi connectivity index (χ2n) is 7.14. The Bertz CT molecular complexity index is 906. The van der Waals surface area contributed by atoms with Crippen molar-refractivity contribution in [3.63, 3.8) is 0 Å². The van der Waals surface area contributed by atoms with Crippen LogP contribution in [0.1, 0.15) is 32.0 Å². The van der Waals surface area contributed by atoms with E-state index in [-0.39, 0.29) is 17.3 Å². The summed E-state index contributed by atoms with van der Waals surface area (Å²) in [6.45, 7) is 4.89. The lowest BCUT2D eigenvalue weighted by molar-refractivity contribution is -0.139. The predicted octanol–water partition coefficient (Wildman–Crippen LogP) is 4.06. The maximum atomic E-state index is 12.8. The van der Waals surface area contributed by atoms with Crippen LogP contribution in [0, 0.1) is 0 Å². The molecule has 2 N–H and O–H groups in total. The molecule has 0 fully saturated rings. The van der Waals surface area contributed by atoms with Gasteiger partial charge in [-0.2, -0.15) is 13.2 Å². The minimum absolute atomic E-state index is 0.000994. The average Bonchev–Trinajstić information content (AvgIpc) is 2.99. The summed E-state index contributed by atoms with van der Waals surface area (Å²) in [5, 5.41) is 11.4. The Hall–Kier alpha value is -2.75. The average molecular weight is 434 g/mol. The monoisotopic (exact) mass is 433 g/mol. The summed E-state index contributed by atoms with van der Waals surface area (Å²) in [6, 6.07) is 2.49.